The zero-order valence-corrected chi connectivity index (χ0v) is 17.2. The average molecular weight is 435 g/mol. The Morgan fingerprint density at radius 3 is 2.43 bits per heavy atom. The Morgan fingerprint density at radius 2 is 1.83 bits per heavy atom. The lowest BCUT2D eigenvalue weighted by Crippen LogP contribution is -2.44. The van der Waals surface area contributed by atoms with Gasteiger partial charge in [-0.1, -0.05) is 23.8 Å². The lowest BCUT2D eigenvalue weighted by atomic mass is 10.2. The summed E-state index contributed by atoms with van der Waals surface area (Å²) in [6.07, 6.45) is 0. The van der Waals surface area contributed by atoms with Crippen LogP contribution in [0.4, 0.5) is 5.69 Å². The molecular weight excluding hydrogens is 414 g/mol. The number of benzene rings is 2. The number of rotatable bonds is 9. The third kappa shape index (κ3) is 5.84. The van der Waals surface area contributed by atoms with Crippen LogP contribution < -0.4 is 5.32 Å². The van der Waals surface area contributed by atoms with Gasteiger partial charge in [0, 0.05) is 17.7 Å². The Morgan fingerprint density at radius 1 is 1.17 bits per heavy atom. The molecule has 0 unspecified atom stereocenters. The number of nitrogens with one attached hydrogen (secondary N) is 1. The number of hydrogen-bond acceptors (Lipinski definition) is 7. The maximum atomic E-state index is 13.0. The molecular formula is C19H21N3O7S. The molecule has 2 rings (SSSR count). The number of carbonyl (C=O) groups is 2. The van der Waals surface area contributed by atoms with E-state index >= 15 is 0 Å². The van der Waals surface area contributed by atoms with Crippen molar-refractivity contribution >= 4 is 27.6 Å². The number of esters is 1. The van der Waals surface area contributed by atoms with Gasteiger partial charge < -0.3 is 10.1 Å². The highest BCUT2D eigenvalue weighted by Gasteiger charge is 2.28. The average Bonchev–Trinajstić information content (AvgIpc) is 2.71. The van der Waals surface area contributed by atoms with Gasteiger partial charge in [-0.15, -0.1) is 0 Å². The number of nitrogens with zero attached hydrogens (tertiary/aromatic N) is 2. The summed E-state index contributed by atoms with van der Waals surface area (Å²) in [6.45, 7) is 2.31. The Kier molecular flexibility index (Phi) is 7.61. The molecule has 10 nitrogen and oxygen atoms in total. The van der Waals surface area contributed by atoms with Gasteiger partial charge in [-0.3, -0.25) is 19.7 Å². The number of carbonyl (C=O) groups excluding carboxylic acids is 2. The summed E-state index contributed by atoms with van der Waals surface area (Å²) in [6, 6.07) is 11.0. The number of hydrogen-bond donors (Lipinski definition) is 1. The van der Waals surface area contributed by atoms with Crippen molar-refractivity contribution in [2.45, 2.75) is 18.7 Å². The SMILES string of the molecule is CCOC(=O)CN(CNC(=O)c1cccc([N+](=O)[O-])c1)S(=O)(=O)c1ccc(C)cc1. The topological polar surface area (TPSA) is 136 Å². The lowest BCUT2D eigenvalue weighted by molar-refractivity contribution is -0.384. The van der Waals surface area contributed by atoms with Gasteiger partial charge in [0.25, 0.3) is 11.6 Å². The minimum atomic E-state index is -4.12. The number of nitro groups is 1. The first kappa shape index (κ1) is 23.0. The molecule has 0 saturated carbocycles. The quantitative estimate of drug-likeness (QED) is 0.275. The second kappa shape index (κ2) is 9.94. The Labute approximate surface area is 173 Å². The van der Waals surface area contributed by atoms with E-state index in [2.05, 4.69) is 5.32 Å². The van der Waals surface area contributed by atoms with E-state index in [0.29, 0.717) is 0 Å². The van der Waals surface area contributed by atoms with Gasteiger partial charge in [0.05, 0.1) is 23.1 Å². The minimum absolute atomic E-state index is 0.0204. The molecule has 2 aromatic rings. The van der Waals surface area contributed by atoms with E-state index in [1.165, 1.54) is 30.3 Å². The highest BCUT2D eigenvalue weighted by atomic mass is 32.2. The predicted molar refractivity (Wildman–Crippen MR) is 107 cm³/mol. The van der Waals surface area contributed by atoms with Gasteiger partial charge in [0.1, 0.15) is 6.54 Å². The van der Waals surface area contributed by atoms with Crippen LogP contribution in [-0.2, 0) is 19.6 Å². The van der Waals surface area contributed by atoms with Crippen LogP contribution in [-0.4, -0.2) is 49.3 Å². The van der Waals surface area contributed by atoms with Gasteiger partial charge >= 0.3 is 5.97 Å². The van der Waals surface area contributed by atoms with E-state index in [4.69, 9.17) is 4.74 Å². The molecule has 160 valence electrons. The first-order chi connectivity index (χ1) is 14.1. The minimum Gasteiger partial charge on any atom is -0.465 e. The number of aryl methyl sites for hydroxylation is 1. The van der Waals surface area contributed by atoms with Gasteiger partial charge in [-0.25, -0.2) is 8.42 Å². The molecule has 0 atom stereocenters. The number of sulfonamides is 1. The molecule has 0 spiro atoms. The van der Waals surface area contributed by atoms with Crippen molar-refractivity contribution in [3.05, 3.63) is 69.8 Å². The van der Waals surface area contributed by atoms with Crippen LogP contribution >= 0.6 is 0 Å². The van der Waals surface area contributed by atoms with E-state index in [0.717, 1.165) is 15.9 Å². The van der Waals surface area contributed by atoms with Gasteiger partial charge in [0.2, 0.25) is 10.0 Å². The fourth-order valence-electron chi connectivity index (χ4n) is 2.46. The van der Waals surface area contributed by atoms with Gasteiger partial charge in [-0.2, -0.15) is 4.31 Å². The number of non-ortho nitro benzene ring substituents is 1. The second-order valence-corrected chi connectivity index (χ2v) is 8.14. The molecule has 0 radical (unpaired) electrons. The van der Waals surface area contributed by atoms with E-state index in [1.807, 2.05) is 0 Å². The summed E-state index contributed by atoms with van der Waals surface area (Å²) in [5, 5.41) is 13.2. The molecule has 0 fully saturated rings. The fourth-order valence-corrected chi connectivity index (χ4v) is 3.75. The fraction of sp³-hybridized carbons (Fsp3) is 0.263. The van der Waals surface area contributed by atoms with Crippen LogP contribution in [0.25, 0.3) is 0 Å². The summed E-state index contributed by atoms with van der Waals surface area (Å²) < 4.78 is 31.5. The summed E-state index contributed by atoms with van der Waals surface area (Å²) in [7, 11) is -4.12. The molecule has 0 heterocycles. The predicted octanol–water partition coefficient (Wildman–Crippen LogP) is 1.84. The molecule has 0 aromatic heterocycles. The smallest absolute Gasteiger partial charge is 0.321 e. The normalized spacial score (nSPS) is 11.2. The van der Waals surface area contributed by atoms with Crippen molar-refractivity contribution in [1.29, 1.82) is 0 Å². The Balaban J connectivity index is 2.24. The first-order valence-corrected chi connectivity index (χ1v) is 10.3. The van der Waals surface area contributed by atoms with Crippen molar-refractivity contribution in [2.24, 2.45) is 0 Å². The highest BCUT2D eigenvalue weighted by molar-refractivity contribution is 7.89. The van der Waals surface area contributed by atoms with Crippen molar-refractivity contribution in [3.63, 3.8) is 0 Å². The third-order valence-electron chi connectivity index (χ3n) is 4.00. The molecule has 0 bridgehead atoms. The van der Waals surface area contributed by atoms with E-state index in [-0.39, 0.29) is 22.8 Å². The number of ether oxygens (including phenoxy) is 1. The lowest BCUT2D eigenvalue weighted by Gasteiger charge is -2.22. The molecule has 0 aliphatic carbocycles. The van der Waals surface area contributed by atoms with Crippen LogP contribution in [0.1, 0.15) is 22.8 Å². The van der Waals surface area contributed by atoms with Crippen LogP contribution in [0.3, 0.4) is 0 Å². The number of amides is 1. The van der Waals surface area contributed by atoms with E-state index in [9.17, 15) is 28.1 Å². The summed E-state index contributed by atoms with van der Waals surface area (Å²) in [5.74, 6) is -1.51. The number of nitro benzene ring substituents is 1. The first-order valence-electron chi connectivity index (χ1n) is 8.90. The maximum absolute atomic E-state index is 13.0. The van der Waals surface area contributed by atoms with Gasteiger partial charge in [-0.05, 0) is 32.0 Å². The largest absolute Gasteiger partial charge is 0.465 e. The molecule has 2 aromatic carbocycles. The van der Waals surface area contributed by atoms with Crippen molar-refractivity contribution < 1.29 is 27.7 Å². The summed E-state index contributed by atoms with van der Waals surface area (Å²) in [4.78, 5) is 34.4. The molecule has 0 aliphatic heterocycles. The molecule has 11 heteroatoms. The summed E-state index contributed by atoms with van der Waals surface area (Å²) in [5.41, 5.74) is 0.552. The van der Waals surface area contributed by atoms with Crippen LogP contribution in [0.15, 0.2) is 53.4 Å². The van der Waals surface area contributed by atoms with Crippen molar-refractivity contribution in [1.82, 2.24) is 9.62 Å². The van der Waals surface area contributed by atoms with Crippen LogP contribution in [0.2, 0.25) is 0 Å². The van der Waals surface area contributed by atoms with Crippen molar-refractivity contribution in [2.75, 3.05) is 19.8 Å². The molecule has 0 aliphatic rings. The Hall–Kier alpha value is -3.31. The van der Waals surface area contributed by atoms with Crippen molar-refractivity contribution in [3.8, 4) is 0 Å². The zero-order chi connectivity index (χ0) is 22.3. The third-order valence-corrected chi connectivity index (χ3v) is 5.81. The zero-order valence-electron chi connectivity index (χ0n) is 16.4. The monoisotopic (exact) mass is 435 g/mol. The van der Waals surface area contributed by atoms with E-state index < -0.39 is 40.0 Å². The molecule has 0 saturated heterocycles. The maximum Gasteiger partial charge on any atom is 0.321 e. The Bertz CT molecular complexity index is 1040. The second-order valence-electron chi connectivity index (χ2n) is 6.20. The standard InChI is InChI=1S/C19H21N3O7S/c1-3-29-18(23)12-21(30(27,28)17-9-7-14(2)8-10-17)13-20-19(24)15-5-4-6-16(11-15)22(25)26/h4-11H,3,12-13H2,1-2H3,(H,20,24). The van der Waals surface area contributed by atoms with E-state index in [1.54, 1.807) is 26.0 Å². The summed E-state index contributed by atoms with van der Waals surface area (Å²) >= 11 is 0. The van der Waals surface area contributed by atoms with Gasteiger partial charge in [0.15, 0.2) is 0 Å². The van der Waals surface area contributed by atoms with Crippen LogP contribution in [0, 0.1) is 17.0 Å². The van der Waals surface area contributed by atoms with Crippen LogP contribution in [0.5, 0.6) is 0 Å². The molecule has 1 N–H and O–H groups in total. The molecule has 1 amide bonds. The molecule has 30 heavy (non-hydrogen) atoms. The highest BCUT2D eigenvalue weighted by Crippen LogP contribution is 2.17.